The lowest BCUT2D eigenvalue weighted by Gasteiger charge is -2.07. The van der Waals surface area contributed by atoms with Gasteiger partial charge in [0, 0.05) is 11.6 Å². The average molecular weight is 253 g/mol. The molecule has 0 unspecified atom stereocenters. The van der Waals surface area contributed by atoms with Gasteiger partial charge in [0.15, 0.2) is 0 Å². The highest BCUT2D eigenvalue weighted by Crippen LogP contribution is 2.24. The molecular formula is C10H14Cl2O3. The molecule has 1 N–H and O–H groups in total. The smallest absolute Gasteiger partial charge is 0.128 e. The zero-order valence-corrected chi connectivity index (χ0v) is 10.2. The molecule has 0 aliphatic heterocycles. The fraction of sp³-hybridized carbons (Fsp3) is 0.400. The van der Waals surface area contributed by atoms with E-state index in [0.29, 0.717) is 5.75 Å². The van der Waals surface area contributed by atoms with Crippen LogP contribution in [0.5, 0.6) is 11.5 Å². The lowest BCUT2D eigenvalue weighted by atomic mass is 10.2. The van der Waals surface area contributed by atoms with Crippen molar-refractivity contribution in [2.45, 2.75) is 6.61 Å². The second kappa shape index (κ2) is 8.65. The predicted octanol–water partition coefficient (Wildman–Crippen LogP) is 2.62. The van der Waals surface area contributed by atoms with E-state index < -0.39 is 0 Å². The molecule has 1 rings (SSSR count). The Kier molecular flexibility index (Phi) is 8.28. The van der Waals surface area contributed by atoms with Crippen LogP contribution in [0.25, 0.3) is 0 Å². The van der Waals surface area contributed by atoms with Crippen molar-refractivity contribution >= 4 is 23.2 Å². The summed E-state index contributed by atoms with van der Waals surface area (Å²) in [4.78, 5) is 0. The molecule has 0 heterocycles. The minimum Gasteiger partial charge on any atom is -0.497 e. The highest BCUT2D eigenvalue weighted by molar-refractivity contribution is 6.40. The molecule has 0 saturated carbocycles. The third kappa shape index (κ3) is 5.11. The first-order chi connectivity index (χ1) is 7.23. The summed E-state index contributed by atoms with van der Waals surface area (Å²) in [5.41, 5.74) is 0.762. The number of hydrogen-bond acceptors (Lipinski definition) is 3. The van der Waals surface area contributed by atoms with Crippen LogP contribution in [0, 0.1) is 0 Å². The molecular weight excluding hydrogens is 239 g/mol. The molecule has 3 nitrogen and oxygen atoms in total. The number of hydrogen-bond donors (Lipinski definition) is 1. The van der Waals surface area contributed by atoms with Crippen LogP contribution in [0.4, 0.5) is 0 Å². The van der Waals surface area contributed by atoms with E-state index in [9.17, 15) is 0 Å². The van der Waals surface area contributed by atoms with Gasteiger partial charge in [0.2, 0.25) is 0 Å². The normalized spacial score (nSPS) is 8.87. The molecule has 0 saturated heterocycles. The Morgan fingerprint density at radius 2 is 1.80 bits per heavy atom. The van der Waals surface area contributed by atoms with Crippen molar-refractivity contribution in [3.8, 4) is 11.5 Å². The molecule has 0 bridgehead atoms. The standard InChI is InChI=1S/C9H12O3.CH2Cl2/c1-11-8-4-3-7(6-10)9(5-8)12-2;2-1-3/h3-5,10H,6H2,1-2H3;1H2. The quantitative estimate of drug-likeness (QED) is 0.841. The Labute approximate surface area is 99.5 Å². The lowest BCUT2D eigenvalue weighted by Crippen LogP contribution is -1.92. The summed E-state index contributed by atoms with van der Waals surface area (Å²) in [6.45, 7) is -0.0207. The van der Waals surface area contributed by atoms with Crippen LogP contribution in [-0.4, -0.2) is 24.7 Å². The van der Waals surface area contributed by atoms with Crippen molar-refractivity contribution in [3.63, 3.8) is 0 Å². The van der Waals surface area contributed by atoms with Gasteiger partial charge in [-0.05, 0) is 12.1 Å². The first kappa shape index (κ1) is 14.4. The van der Waals surface area contributed by atoms with Crippen LogP contribution in [0.3, 0.4) is 0 Å². The van der Waals surface area contributed by atoms with Gasteiger partial charge in [-0.2, -0.15) is 0 Å². The lowest BCUT2D eigenvalue weighted by molar-refractivity contribution is 0.273. The molecule has 0 aliphatic carbocycles. The number of halogens is 2. The fourth-order valence-corrected chi connectivity index (χ4v) is 0.982. The third-order valence-electron chi connectivity index (χ3n) is 1.66. The molecule has 0 atom stereocenters. The van der Waals surface area contributed by atoms with Crippen molar-refractivity contribution in [2.24, 2.45) is 0 Å². The third-order valence-corrected chi connectivity index (χ3v) is 1.66. The van der Waals surface area contributed by atoms with Crippen molar-refractivity contribution < 1.29 is 14.6 Å². The molecule has 5 heteroatoms. The first-order valence-electron chi connectivity index (χ1n) is 4.17. The molecule has 0 fully saturated rings. The maximum Gasteiger partial charge on any atom is 0.128 e. The van der Waals surface area contributed by atoms with Crippen LogP contribution in [-0.2, 0) is 6.61 Å². The van der Waals surface area contributed by atoms with E-state index in [4.69, 9.17) is 37.8 Å². The highest BCUT2D eigenvalue weighted by Gasteiger charge is 2.02. The maximum absolute atomic E-state index is 8.89. The van der Waals surface area contributed by atoms with Crippen LogP contribution in [0.2, 0.25) is 0 Å². The molecule has 1 aromatic carbocycles. The summed E-state index contributed by atoms with van der Waals surface area (Å²) < 4.78 is 10.0. The van der Waals surface area contributed by atoms with Gasteiger partial charge in [-0.25, -0.2) is 0 Å². The van der Waals surface area contributed by atoms with E-state index >= 15 is 0 Å². The number of benzene rings is 1. The van der Waals surface area contributed by atoms with Gasteiger partial charge >= 0.3 is 0 Å². The zero-order chi connectivity index (χ0) is 11.7. The first-order valence-corrected chi connectivity index (χ1v) is 5.24. The number of methoxy groups -OCH3 is 2. The molecule has 0 amide bonds. The second-order valence-corrected chi connectivity index (χ2v) is 3.25. The van der Waals surface area contributed by atoms with Gasteiger partial charge in [-0.15, -0.1) is 23.2 Å². The Bertz CT molecular complexity index is 279. The van der Waals surface area contributed by atoms with Gasteiger partial charge in [0.25, 0.3) is 0 Å². The summed E-state index contributed by atoms with van der Waals surface area (Å²) >= 11 is 9.53. The molecule has 0 radical (unpaired) electrons. The van der Waals surface area contributed by atoms with Crippen LogP contribution >= 0.6 is 23.2 Å². The van der Waals surface area contributed by atoms with E-state index in [1.807, 2.05) is 0 Å². The van der Waals surface area contributed by atoms with Crippen LogP contribution in [0.1, 0.15) is 5.56 Å². The minimum absolute atomic E-state index is 0.0207. The number of ether oxygens (including phenoxy) is 2. The van der Waals surface area contributed by atoms with Gasteiger partial charge in [-0.3, -0.25) is 0 Å². The summed E-state index contributed by atoms with van der Waals surface area (Å²) in [6, 6.07) is 5.30. The van der Waals surface area contributed by atoms with Crippen LogP contribution in [0.15, 0.2) is 18.2 Å². The van der Waals surface area contributed by atoms with Crippen molar-refractivity contribution in [1.29, 1.82) is 0 Å². The molecule has 15 heavy (non-hydrogen) atoms. The molecule has 86 valence electrons. The summed E-state index contributed by atoms with van der Waals surface area (Å²) in [5.74, 6) is 1.38. The van der Waals surface area contributed by atoms with E-state index in [1.165, 1.54) is 0 Å². The molecule has 0 spiro atoms. The van der Waals surface area contributed by atoms with E-state index in [2.05, 4.69) is 0 Å². The highest BCUT2D eigenvalue weighted by atomic mass is 35.5. The maximum atomic E-state index is 8.89. The van der Waals surface area contributed by atoms with Crippen molar-refractivity contribution in [2.75, 3.05) is 19.6 Å². The fourth-order valence-electron chi connectivity index (χ4n) is 0.982. The Morgan fingerprint density at radius 3 is 2.20 bits per heavy atom. The van der Waals surface area contributed by atoms with Gasteiger partial charge < -0.3 is 14.6 Å². The zero-order valence-electron chi connectivity index (χ0n) is 8.67. The minimum atomic E-state index is -0.0207. The second-order valence-electron chi connectivity index (χ2n) is 2.44. The average Bonchev–Trinajstić information content (AvgIpc) is 2.29. The number of rotatable bonds is 3. The monoisotopic (exact) mass is 252 g/mol. The van der Waals surface area contributed by atoms with Gasteiger partial charge in [0.1, 0.15) is 11.5 Å². The molecule has 1 aromatic rings. The number of alkyl halides is 2. The summed E-state index contributed by atoms with van der Waals surface area (Å²) in [5, 5.41) is 9.09. The van der Waals surface area contributed by atoms with Gasteiger partial charge in [0.05, 0.1) is 26.2 Å². The SMILES string of the molecule is COc1ccc(CO)c(OC)c1.ClCCl. The summed E-state index contributed by atoms with van der Waals surface area (Å²) in [6.07, 6.45) is 0. The van der Waals surface area contributed by atoms with Crippen molar-refractivity contribution in [3.05, 3.63) is 23.8 Å². The molecule has 0 aliphatic rings. The number of aliphatic hydroxyl groups is 1. The van der Waals surface area contributed by atoms with E-state index in [1.54, 1.807) is 32.4 Å². The topological polar surface area (TPSA) is 38.7 Å². The largest absolute Gasteiger partial charge is 0.497 e. The van der Waals surface area contributed by atoms with E-state index in [-0.39, 0.29) is 11.9 Å². The van der Waals surface area contributed by atoms with Gasteiger partial charge in [-0.1, -0.05) is 0 Å². The predicted molar refractivity (Wildman–Crippen MR) is 62.0 cm³/mol. The Morgan fingerprint density at radius 1 is 1.20 bits per heavy atom. The summed E-state index contributed by atoms with van der Waals surface area (Å²) in [7, 11) is 3.15. The number of aliphatic hydroxyl groups excluding tert-OH is 1. The van der Waals surface area contributed by atoms with E-state index in [0.717, 1.165) is 11.3 Å². The van der Waals surface area contributed by atoms with Crippen molar-refractivity contribution in [1.82, 2.24) is 0 Å². The van der Waals surface area contributed by atoms with Crippen LogP contribution < -0.4 is 9.47 Å². The Hall–Kier alpha value is -0.640. The Balaban J connectivity index is 0.000000583. The molecule has 0 aromatic heterocycles.